The van der Waals surface area contributed by atoms with Crippen LogP contribution in [-0.4, -0.2) is 37.0 Å². The van der Waals surface area contributed by atoms with Gasteiger partial charge < -0.3 is 19.9 Å². The molecular formula is C19H19N3O4. The third-order valence-electron chi connectivity index (χ3n) is 3.93. The lowest BCUT2D eigenvalue weighted by molar-refractivity contribution is 0.0948. The summed E-state index contributed by atoms with van der Waals surface area (Å²) >= 11 is 0. The number of hydrogen-bond donors (Lipinski definition) is 1. The van der Waals surface area contributed by atoms with Gasteiger partial charge in [-0.2, -0.15) is 9.78 Å². The van der Waals surface area contributed by atoms with Crippen molar-refractivity contribution >= 4 is 11.7 Å². The van der Waals surface area contributed by atoms with Gasteiger partial charge in [-0.3, -0.25) is 4.79 Å². The summed E-state index contributed by atoms with van der Waals surface area (Å²) in [5.74, 6) is 1.56. The van der Waals surface area contributed by atoms with Gasteiger partial charge in [0.1, 0.15) is 11.6 Å². The Morgan fingerprint density at radius 1 is 0.962 bits per heavy atom. The fourth-order valence-corrected chi connectivity index (χ4v) is 2.57. The predicted molar refractivity (Wildman–Crippen MR) is 97.9 cm³/mol. The van der Waals surface area contributed by atoms with Gasteiger partial charge in [0.2, 0.25) is 0 Å². The smallest absolute Gasteiger partial charge is 0.280 e. The second kappa shape index (κ2) is 7.18. The van der Waals surface area contributed by atoms with Crippen LogP contribution in [0.25, 0.3) is 11.3 Å². The Balaban J connectivity index is 1.97. The molecule has 0 aliphatic carbocycles. The number of rotatable bonds is 5. The average Bonchev–Trinajstić information content (AvgIpc) is 3.08. The van der Waals surface area contributed by atoms with Gasteiger partial charge in [-0.1, -0.05) is 12.1 Å². The molecule has 3 aromatic rings. The largest absolute Gasteiger partial charge is 0.497 e. The molecule has 0 saturated heterocycles. The second-order valence-corrected chi connectivity index (χ2v) is 5.47. The van der Waals surface area contributed by atoms with E-state index < -0.39 is 0 Å². The molecule has 0 amide bonds. The highest BCUT2D eigenvalue weighted by atomic mass is 16.5. The number of nitrogen functional groups attached to an aromatic ring is 1. The molecule has 0 bridgehead atoms. The Kier molecular flexibility index (Phi) is 4.79. The standard InChI is InChI=1S/C19H19N3O4/c1-24-14-6-4-5-12(9-14)15-11-18(20)22(21-15)19(23)13-7-8-16(25-2)17(10-13)26-3/h4-11H,20H2,1-3H3. The number of benzene rings is 2. The van der Waals surface area contributed by atoms with Crippen LogP contribution in [0.1, 0.15) is 10.4 Å². The lowest BCUT2D eigenvalue weighted by Gasteiger charge is -2.09. The van der Waals surface area contributed by atoms with Gasteiger partial charge in [-0.05, 0) is 30.3 Å². The topological polar surface area (TPSA) is 88.6 Å². The summed E-state index contributed by atoms with van der Waals surface area (Å²) in [7, 11) is 4.63. The second-order valence-electron chi connectivity index (χ2n) is 5.47. The minimum Gasteiger partial charge on any atom is -0.497 e. The maximum atomic E-state index is 12.8. The monoisotopic (exact) mass is 353 g/mol. The molecule has 1 heterocycles. The SMILES string of the molecule is COc1cccc(-c2cc(N)n(C(=O)c3ccc(OC)c(OC)c3)n2)c1. The molecule has 2 N–H and O–H groups in total. The molecule has 0 aliphatic heterocycles. The van der Waals surface area contributed by atoms with E-state index >= 15 is 0 Å². The fraction of sp³-hybridized carbons (Fsp3) is 0.158. The van der Waals surface area contributed by atoms with Crippen LogP contribution in [0.3, 0.4) is 0 Å². The first kappa shape index (κ1) is 17.3. The number of hydrogen-bond acceptors (Lipinski definition) is 6. The van der Waals surface area contributed by atoms with Gasteiger partial charge in [0.25, 0.3) is 5.91 Å². The van der Waals surface area contributed by atoms with E-state index in [1.807, 2.05) is 24.3 Å². The molecule has 0 saturated carbocycles. The first-order chi connectivity index (χ1) is 12.6. The van der Waals surface area contributed by atoms with E-state index in [4.69, 9.17) is 19.9 Å². The van der Waals surface area contributed by atoms with Crippen LogP contribution >= 0.6 is 0 Å². The Bertz CT molecular complexity index is 950. The van der Waals surface area contributed by atoms with E-state index in [0.717, 1.165) is 10.2 Å². The number of methoxy groups -OCH3 is 3. The summed E-state index contributed by atoms with van der Waals surface area (Å²) in [4.78, 5) is 12.8. The van der Waals surface area contributed by atoms with E-state index in [-0.39, 0.29) is 11.7 Å². The number of carbonyl (C=O) groups excluding carboxylic acids is 1. The number of nitrogens with zero attached hydrogens (tertiary/aromatic N) is 2. The van der Waals surface area contributed by atoms with Crippen LogP contribution < -0.4 is 19.9 Å². The zero-order chi connectivity index (χ0) is 18.7. The van der Waals surface area contributed by atoms with Gasteiger partial charge in [-0.25, -0.2) is 0 Å². The first-order valence-corrected chi connectivity index (χ1v) is 7.84. The number of anilines is 1. The minimum atomic E-state index is -0.363. The highest BCUT2D eigenvalue weighted by Gasteiger charge is 2.17. The summed E-state index contributed by atoms with van der Waals surface area (Å²) in [6.07, 6.45) is 0. The highest BCUT2D eigenvalue weighted by molar-refractivity contribution is 5.98. The Morgan fingerprint density at radius 3 is 2.42 bits per heavy atom. The van der Waals surface area contributed by atoms with Crippen molar-refractivity contribution in [2.45, 2.75) is 0 Å². The fourth-order valence-electron chi connectivity index (χ4n) is 2.57. The molecular weight excluding hydrogens is 334 g/mol. The molecule has 26 heavy (non-hydrogen) atoms. The third-order valence-corrected chi connectivity index (χ3v) is 3.93. The molecule has 0 fully saturated rings. The average molecular weight is 353 g/mol. The van der Waals surface area contributed by atoms with Gasteiger partial charge >= 0.3 is 0 Å². The van der Waals surface area contributed by atoms with Crippen LogP contribution in [0, 0.1) is 0 Å². The Hall–Kier alpha value is -3.48. The van der Waals surface area contributed by atoms with Crippen molar-refractivity contribution in [1.29, 1.82) is 0 Å². The first-order valence-electron chi connectivity index (χ1n) is 7.84. The van der Waals surface area contributed by atoms with E-state index in [0.29, 0.717) is 28.5 Å². The van der Waals surface area contributed by atoms with E-state index in [9.17, 15) is 4.79 Å². The summed E-state index contributed by atoms with van der Waals surface area (Å²) in [5.41, 5.74) is 7.77. The number of carbonyl (C=O) groups is 1. The molecule has 0 spiro atoms. The Labute approximate surface area is 150 Å². The van der Waals surface area contributed by atoms with Crippen molar-refractivity contribution in [2.24, 2.45) is 0 Å². The molecule has 2 aromatic carbocycles. The van der Waals surface area contributed by atoms with Crippen molar-refractivity contribution in [1.82, 2.24) is 9.78 Å². The zero-order valence-corrected chi connectivity index (χ0v) is 14.7. The maximum absolute atomic E-state index is 12.8. The van der Waals surface area contributed by atoms with Crippen molar-refractivity contribution in [3.8, 4) is 28.5 Å². The summed E-state index contributed by atoms with van der Waals surface area (Å²) in [6.45, 7) is 0. The molecule has 0 radical (unpaired) electrons. The van der Waals surface area contributed by atoms with E-state index in [1.165, 1.54) is 14.2 Å². The lowest BCUT2D eigenvalue weighted by Crippen LogP contribution is -2.16. The van der Waals surface area contributed by atoms with Crippen molar-refractivity contribution in [2.75, 3.05) is 27.1 Å². The normalized spacial score (nSPS) is 10.4. The quantitative estimate of drug-likeness (QED) is 0.759. The van der Waals surface area contributed by atoms with Gasteiger partial charge in [-0.15, -0.1) is 0 Å². The van der Waals surface area contributed by atoms with Gasteiger partial charge in [0, 0.05) is 17.2 Å². The zero-order valence-electron chi connectivity index (χ0n) is 14.7. The van der Waals surface area contributed by atoms with Crippen LogP contribution in [0.4, 0.5) is 5.82 Å². The Morgan fingerprint density at radius 2 is 1.73 bits per heavy atom. The molecule has 0 aliphatic rings. The lowest BCUT2D eigenvalue weighted by atomic mass is 10.1. The molecule has 1 aromatic heterocycles. The summed E-state index contributed by atoms with van der Waals surface area (Å²) in [5, 5.41) is 4.34. The van der Waals surface area contributed by atoms with Crippen LogP contribution in [0.5, 0.6) is 17.2 Å². The van der Waals surface area contributed by atoms with Crippen LogP contribution in [0.2, 0.25) is 0 Å². The summed E-state index contributed by atoms with van der Waals surface area (Å²) in [6, 6.07) is 13.9. The molecule has 3 rings (SSSR count). The van der Waals surface area contributed by atoms with Crippen molar-refractivity contribution in [3.63, 3.8) is 0 Å². The van der Waals surface area contributed by atoms with E-state index in [1.54, 1.807) is 31.4 Å². The van der Waals surface area contributed by atoms with Crippen LogP contribution in [-0.2, 0) is 0 Å². The maximum Gasteiger partial charge on any atom is 0.280 e. The molecule has 7 nitrogen and oxygen atoms in total. The molecule has 0 unspecified atom stereocenters. The minimum absolute atomic E-state index is 0.239. The number of ether oxygens (including phenoxy) is 3. The predicted octanol–water partition coefficient (Wildman–Crippen LogP) is 2.85. The van der Waals surface area contributed by atoms with Crippen molar-refractivity contribution < 1.29 is 19.0 Å². The van der Waals surface area contributed by atoms with Gasteiger partial charge in [0.15, 0.2) is 11.5 Å². The molecule has 0 atom stereocenters. The number of nitrogens with two attached hydrogens (primary N) is 1. The third kappa shape index (κ3) is 3.19. The van der Waals surface area contributed by atoms with Crippen molar-refractivity contribution in [3.05, 3.63) is 54.1 Å². The number of aromatic nitrogens is 2. The summed E-state index contributed by atoms with van der Waals surface area (Å²) < 4.78 is 16.8. The van der Waals surface area contributed by atoms with Crippen LogP contribution in [0.15, 0.2) is 48.5 Å². The molecule has 134 valence electrons. The molecule has 7 heteroatoms. The highest BCUT2D eigenvalue weighted by Crippen LogP contribution is 2.29. The van der Waals surface area contributed by atoms with E-state index in [2.05, 4.69) is 5.10 Å². The van der Waals surface area contributed by atoms with Gasteiger partial charge in [0.05, 0.1) is 27.0 Å².